The van der Waals surface area contributed by atoms with Crippen molar-refractivity contribution in [1.29, 1.82) is 0 Å². The Morgan fingerprint density at radius 2 is 2.17 bits per heavy atom. The highest BCUT2D eigenvalue weighted by Gasteiger charge is 2.39. The van der Waals surface area contributed by atoms with Crippen LogP contribution in [0.4, 0.5) is 5.82 Å². The molecule has 2 heterocycles. The van der Waals surface area contributed by atoms with Crippen LogP contribution in [0, 0.1) is 0 Å². The third kappa shape index (κ3) is 2.90. The van der Waals surface area contributed by atoms with Crippen molar-refractivity contribution in [2.24, 2.45) is 5.73 Å². The van der Waals surface area contributed by atoms with Gasteiger partial charge in [0.1, 0.15) is 0 Å². The first-order valence-corrected chi connectivity index (χ1v) is 6.55. The van der Waals surface area contributed by atoms with Crippen LogP contribution in [-0.4, -0.2) is 34.7 Å². The summed E-state index contributed by atoms with van der Waals surface area (Å²) in [4.78, 5) is 10.8. The third-order valence-electron chi connectivity index (χ3n) is 3.04. The average molecular weight is 250 g/mol. The molecule has 18 heavy (non-hydrogen) atoms. The molecule has 1 aromatic rings. The number of nitrogens with two attached hydrogens (primary N) is 1. The highest BCUT2D eigenvalue weighted by Crippen LogP contribution is 2.28. The van der Waals surface area contributed by atoms with Crippen LogP contribution in [0.3, 0.4) is 0 Å². The molecule has 100 valence electrons. The van der Waals surface area contributed by atoms with E-state index in [4.69, 9.17) is 10.5 Å². The topological polar surface area (TPSA) is 64.3 Å². The summed E-state index contributed by atoms with van der Waals surface area (Å²) in [6, 6.07) is 0. The van der Waals surface area contributed by atoms with Crippen molar-refractivity contribution in [3.8, 4) is 5.88 Å². The maximum atomic E-state index is 6.24. The minimum absolute atomic E-state index is 0.0503. The summed E-state index contributed by atoms with van der Waals surface area (Å²) in [5, 5.41) is 0. The number of rotatable bonds is 5. The van der Waals surface area contributed by atoms with Crippen molar-refractivity contribution in [3.05, 3.63) is 12.4 Å². The summed E-state index contributed by atoms with van der Waals surface area (Å²) in [7, 11) is 0. The van der Waals surface area contributed by atoms with E-state index in [0.717, 1.165) is 31.7 Å². The van der Waals surface area contributed by atoms with Crippen LogP contribution in [0.5, 0.6) is 5.88 Å². The predicted molar refractivity (Wildman–Crippen MR) is 71.8 cm³/mol. The molecule has 5 heteroatoms. The lowest BCUT2D eigenvalue weighted by molar-refractivity contribution is 0.230. The smallest absolute Gasteiger partial charge is 0.234 e. The molecule has 0 spiro atoms. The number of anilines is 1. The van der Waals surface area contributed by atoms with E-state index in [9.17, 15) is 0 Å². The molecular formula is C13H22N4O. The summed E-state index contributed by atoms with van der Waals surface area (Å²) >= 11 is 0. The summed E-state index contributed by atoms with van der Waals surface area (Å²) in [5.41, 5.74) is 6.19. The van der Waals surface area contributed by atoms with Crippen LogP contribution < -0.4 is 15.4 Å². The molecular weight excluding hydrogens is 228 g/mol. The van der Waals surface area contributed by atoms with E-state index in [1.807, 2.05) is 13.8 Å². The molecule has 2 rings (SSSR count). The van der Waals surface area contributed by atoms with Gasteiger partial charge in [-0.1, -0.05) is 13.3 Å². The van der Waals surface area contributed by atoms with Gasteiger partial charge in [0.15, 0.2) is 5.82 Å². The van der Waals surface area contributed by atoms with Crippen LogP contribution in [-0.2, 0) is 0 Å². The molecule has 0 radical (unpaired) electrons. The second-order valence-electron chi connectivity index (χ2n) is 5.35. The van der Waals surface area contributed by atoms with Crippen molar-refractivity contribution in [2.75, 3.05) is 18.0 Å². The summed E-state index contributed by atoms with van der Waals surface area (Å²) in [6.07, 6.45) is 5.69. The monoisotopic (exact) mass is 250 g/mol. The van der Waals surface area contributed by atoms with E-state index in [1.165, 1.54) is 0 Å². The first-order chi connectivity index (χ1) is 8.52. The molecule has 0 unspecified atom stereocenters. The van der Waals surface area contributed by atoms with Crippen LogP contribution in [0.25, 0.3) is 0 Å². The van der Waals surface area contributed by atoms with Crippen molar-refractivity contribution in [3.63, 3.8) is 0 Å². The van der Waals surface area contributed by atoms with Crippen molar-refractivity contribution in [2.45, 2.75) is 45.3 Å². The van der Waals surface area contributed by atoms with E-state index < -0.39 is 0 Å². The van der Waals surface area contributed by atoms with Gasteiger partial charge in [-0.3, -0.25) is 4.98 Å². The molecule has 0 amide bonds. The molecule has 1 saturated heterocycles. The van der Waals surface area contributed by atoms with Crippen LogP contribution in [0.15, 0.2) is 12.4 Å². The van der Waals surface area contributed by atoms with Gasteiger partial charge in [0.25, 0.3) is 0 Å². The van der Waals surface area contributed by atoms with Gasteiger partial charge < -0.3 is 15.4 Å². The molecule has 0 bridgehead atoms. The van der Waals surface area contributed by atoms with E-state index >= 15 is 0 Å². The summed E-state index contributed by atoms with van der Waals surface area (Å²) in [6.45, 7) is 7.81. The SMILES string of the molecule is CCCC1(N)CN(c2cncc(OC(C)C)n2)C1. The van der Waals surface area contributed by atoms with Crippen molar-refractivity contribution >= 4 is 5.82 Å². The minimum atomic E-state index is -0.0503. The van der Waals surface area contributed by atoms with Gasteiger partial charge in [0, 0.05) is 13.1 Å². The zero-order valence-electron chi connectivity index (χ0n) is 11.4. The number of hydrogen-bond donors (Lipinski definition) is 1. The predicted octanol–water partition coefficient (Wildman–Crippen LogP) is 1.58. The zero-order valence-corrected chi connectivity index (χ0v) is 11.4. The minimum Gasteiger partial charge on any atom is -0.474 e. The van der Waals surface area contributed by atoms with E-state index in [1.54, 1.807) is 12.4 Å². The number of hydrogen-bond acceptors (Lipinski definition) is 5. The fraction of sp³-hybridized carbons (Fsp3) is 0.692. The van der Waals surface area contributed by atoms with Gasteiger partial charge >= 0.3 is 0 Å². The van der Waals surface area contributed by atoms with Gasteiger partial charge in [-0.2, -0.15) is 4.98 Å². The first-order valence-electron chi connectivity index (χ1n) is 6.55. The average Bonchev–Trinajstić information content (AvgIpc) is 2.25. The van der Waals surface area contributed by atoms with Gasteiger partial charge in [0.2, 0.25) is 5.88 Å². The summed E-state index contributed by atoms with van der Waals surface area (Å²) < 4.78 is 5.54. The molecule has 1 aromatic heterocycles. The Hall–Kier alpha value is -1.36. The molecule has 1 fully saturated rings. The lowest BCUT2D eigenvalue weighted by Crippen LogP contribution is -2.67. The van der Waals surface area contributed by atoms with Gasteiger partial charge in [-0.15, -0.1) is 0 Å². The number of nitrogens with zero attached hydrogens (tertiary/aromatic N) is 3. The van der Waals surface area contributed by atoms with Crippen LogP contribution >= 0.6 is 0 Å². The molecule has 0 atom stereocenters. The molecule has 0 aromatic carbocycles. The molecule has 1 aliphatic heterocycles. The Morgan fingerprint density at radius 3 is 2.78 bits per heavy atom. The van der Waals surface area contributed by atoms with E-state index in [-0.39, 0.29) is 11.6 Å². The maximum absolute atomic E-state index is 6.24. The van der Waals surface area contributed by atoms with Gasteiger partial charge in [0.05, 0.1) is 24.0 Å². The second kappa shape index (κ2) is 5.10. The second-order valence-corrected chi connectivity index (χ2v) is 5.35. The highest BCUT2D eigenvalue weighted by molar-refractivity contribution is 5.43. The zero-order chi connectivity index (χ0) is 13.2. The van der Waals surface area contributed by atoms with Crippen LogP contribution in [0.1, 0.15) is 33.6 Å². The Morgan fingerprint density at radius 1 is 1.44 bits per heavy atom. The molecule has 2 N–H and O–H groups in total. The fourth-order valence-corrected chi connectivity index (χ4v) is 2.32. The third-order valence-corrected chi connectivity index (χ3v) is 3.04. The van der Waals surface area contributed by atoms with Crippen molar-refractivity contribution in [1.82, 2.24) is 9.97 Å². The Balaban J connectivity index is 1.99. The Bertz CT molecular complexity index is 402. The number of ether oxygens (including phenoxy) is 1. The lowest BCUT2D eigenvalue weighted by Gasteiger charge is -2.48. The largest absolute Gasteiger partial charge is 0.474 e. The molecule has 0 saturated carbocycles. The maximum Gasteiger partial charge on any atom is 0.234 e. The number of aromatic nitrogens is 2. The highest BCUT2D eigenvalue weighted by atomic mass is 16.5. The van der Waals surface area contributed by atoms with Crippen LogP contribution in [0.2, 0.25) is 0 Å². The normalized spacial score (nSPS) is 17.7. The molecule has 1 aliphatic rings. The lowest BCUT2D eigenvalue weighted by atomic mass is 9.86. The quantitative estimate of drug-likeness (QED) is 0.859. The molecule has 0 aliphatic carbocycles. The Kier molecular flexibility index (Phi) is 3.71. The van der Waals surface area contributed by atoms with E-state index in [0.29, 0.717) is 5.88 Å². The molecule has 5 nitrogen and oxygen atoms in total. The van der Waals surface area contributed by atoms with Gasteiger partial charge in [-0.25, -0.2) is 0 Å². The van der Waals surface area contributed by atoms with Crippen molar-refractivity contribution < 1.29 is 4.74 Å². The van der Waals surface area contributed by atoms with Gasteiger partial charge in [-0.05, 0) is 20.3 Å². The Labute approximate surface area is 108 Å². The van der Waals surface area contributed by atoms with E-state index in [2.05, 4.69) is 21.8 Å². The first kappa shape index (κ1) is 13.1. The standard InChI is InChI=1S/C13H22N4O/c1-4-5-13(14)8-17(9-13)11-6-15-7-12(16-11)18-10(2)3/h6-7,10H,4-5,8-9,14H2,1-3H3. The summed E-state index contributed by atoms with van der Waals surface area (Å²) in [5.74, 6) is 1.43. The fourth-order valence-electron chi connectivity index (χ4n) is 2.32.